The van der Waals surface area contributed by atoms with E-state index in [0.29, 0.717) is 29.6 Å². The highest BCUT2D eigenvalue weighted by Gasteiger charge is 2.15. The fourth-order valence-corrected chi connectivity index (χ4v) is 4.00. The number of nitrogens with zero attached hydrogens (tertiary/aromatic N) is 2. The van der Waals surface area contributed by atoms with Crippen molar-refractivity contribution >= 4 is 45.5 Å². The van der Waals surface area contributed by atoms with Gasteiger partial charge in [0.05, 0.1) is 12.2 Å². The van der Waals surface area contributed by atoms with E-state index in [1.165, 1.54) is 6.07 Å². The Morgan fingerprint density at radius 1 is 1.16 bits per heavy atom. The number of aryl methyl sites for hydroxylation is 1. The summed E-state index contributed by atoms with van der Waals surface area (Å²) in [6.45, 7) is 3.23. The summed E-state index contributed by atoms with van der Waals surface area (Å²) >= 11 is 11.7. The van der Waals surface area contributed by atoms with Gasteiger partial charge in [-0.1, -0.05) is 17.7 Å². The fraction of sp³-hybridized carbons (Fsp3) is 0.167. The van der Waals surface area contributed by atoms with Gasteiger partial charge in [0, 0.05) is 40.0 Å². The first-order chi connectivity index (χ1) is 15.0. The van der Waals surface area contributed by atoms with E-state index < -0.39 is 0 Å². The van der Waals surface area contributed by atoms with Crippen LogP contribution in [0.3, 0.4) is 0 Å². The van der Waals surface area contributed by atoms with E-state index in [4.69, 9.17) is 23.8 Å². The van der Waals surface area contributed by atoms with E-state index in [2.05, 4.69) is 20.2 Å². The molecule has 0 atom stereocenters. The number of anilines is 1. The summed E-state index contributed by atoms with van der Waals surface area (Å²) in [6, 6.07) is 18.1. The van der Waals surface area contributed by atoms with Crippen LogP contribution in [0.25, 0.3) is 10.9 Å². The van der Waals surface area contributed by atoms with Crippen molar-refractivity contribution in [2.24, 2.45) is 0 Å². The zero-order chi connectivity index (χ0) is 21.8. The third-order valence-corrected chi connectivity index (χ3v) is 5.79. The highest BCUT2D eigenvalue weighted by atomic mass is 35.5. The molecule has 0 fully saturated rings. The number of nitrogens with one attached hydrogen (secondary N) is 2. The van der Waals surface area contributed by atoms with E-state index in [0.717, 1.165) is 33.5 Å². The second-order valence-corrected chi connectivity index (χ2v) is 8.17. The van der Waals surface area contributed by atoms with Gasteiger partial charge in [-0.15, -0.1) is 0 Å². The lowest BCUT2D eigenvalue weighted by atomic mass is 10.1. The minimum atomic E-state index is -0.238. The number of hydrogen-bond donors (Lipinski definition) is 2. The zero-order valence-electron chi connectivity index (χ0n) is 17.0. The number of H-pyrrole nitrogens is 1. The molecule has 4 rings (SSSR count). The lowest BCUT2D eigenvalue weighted by Gasteiger charge is -2.26. The van der Waals surface area contributed by atoms with E-state index in [1.807, 2.05) is 49.4 Å². The van der Waals surface area contributed by atoms with Gasteiger partial charge >= 0.3 is 0 Å². The number of rotatable bonds is 6. The maximum absolute atomic E-state index is 13.8. The molecular weight excluding hydrogens is 431 g/mol. The predicted molar refractivity (Wildman–Crippen MR) is 129 cm³/mol. The van der Waals surface area contributed by atoms with Gasteiger partial charge in [-0.25, -0.2) is 4.39 Å². The van der Waals surface area contributed by atoms with Crippen LogP contribution in [0.15, 0.2) is 66.9 Å². The van der Waals surface area contributed by atoms with Crippen molar-refractivity contribution in [2.75, 3.05) is 11.9 Å². The van der Waals surface area contributed by atoms with Crippen molar-refractivity contribution in [1.29, 1.82) is 0 Å². The van der Waals surface area contributed by atoms with E-state index in [-0.39, 0.29) is 5.82 Å². The van der Waals surface area contributed by atoms with Gasteiger partial charge in [-0.05, 0) is 85.7 Å². The zero-order valence-corrected chi connectivity index (χ0v) is 18.6. The first-order valence-electron chi connectivity index (χ1n) is 9.98. The minimum Gasteiger partial charge on any atom is -0.358 e. The molecule has 2 aromatic heterocycles. The summed E-state index contributed by atoms with van der Waals surface area (Å²) in [4.78, 5) is 9.86. The summed E-state index contributed by atoms with van der Waals surface area (Å²) in [5, 5.41) is 5.46. The predicted octanol–water partition coefficient (Wildman–Crippen LogP) is 6.11. The normalized spacial score (nSPS) is 10.9. The highest BCUT2D eigenvalue weighted by molar-refractivity contribution is 7.80. The minimum absolute atomic E-state index is 0.238. The number of thiocarbonyl (C=S) groups is 1. The number of halogens is 2. The summed E-state index contributed by atoms with van der Waals surface area (Å²) < 4.78 is 13.8. The van der Waals surface area contributed by atoms with Crippen LogP contribution in [0.4, 0.5) is 10.1 Å². The summed E-state index contributed by atoms with van der Waals surface area (Å²) in [5.74, 6) is -0.238. The van der Waals surface area contributed by atoms with Gasteiger partial charge < -0.3 is 15.2 Å². The fourth-order valence-electron chi connectivity index (χ4n) is 3.60. The number of aromatic nitrogens is 2. The van der Waals surface area contributed by atoms with Crippen molar-refractivity contribution in [1.82, 2.24) is 14.9 Å². The van der Waals surface area contributed by atoms with Crippen LogP contribution in [-0.4, -0.2) is 26.5 Å². The van der Waals surface area contributed by atoms with E-state index >= 15 is 0 Å². The maximum Gasteiger partial charge on any atom is 0.173 e. The molecular formula is C24H22ClFN4S. The molecule has 0 saturated carbocycles. The van der Waals surface area contributed by atoms with Crippen molar-refractivity contribution in [3.63, 3.8) is 0 Å². The molecule has 0 saturated heterocycles. The lowest BCUT2D eigenvalue weighted by Crippen LogP contribution is -2.36. The van der Waals surface area contributed by atoms with Crippen LogP contribution in [0, 0.1) is 12.7 Å². The first-order valence-corrected chi connectivity index (χ1v) is 10.8. The Hall–Kier alpha value is -2.96. The van der Waals surface area contributed by atoms with Crippen LogP contribution in [0.1, 0.15) is 17.0 Å². The topological polar surface area (TPSA) is 44.0 Å². The van der Waals surface area contributed by atoms with Crippen molar-refractivity contribution in [3.05, 3.63) is 94.7 Å². The number of pyridine rings is 1. The molecule has 0 aliphatic heterocycles. The SMILES string of the molecule is Cc1[nH]c2ccc(F)cc2c1CCN(Cc1ccccn1)C(=S)Nc1ccc(Cl)cc1. The molecule has 0 radical (unpaired) electrons. The van der Waals surface area contributed by atoms with Gasteiger partial charge in [0.25, 0.3) is 0 Å². The molecule has 2 heterocycles. The number of benzene rings is 2. The molecule has 2 aromatic carbocycles. The largest absolute Gasteiger partial charge is 0.358 e. The Bertz CT molecular complexity index is 1190. The highest BCUT2D eigenvalue weighted by Crippen LogP contribution is 2.24. The van der Waals surface area contributed by atoms with Crippen molar-refractivity contribution in [3.8, 4) is 0 Å². The lowest BCUT2D eigenvalue weighted by molar-refractivity contribution is 0.417. The summed E-state index contributed by atoms with van der Waals surface area (Å²) in [6.07, 6.45) is 2.49. The quantitative estimate of drug-likeness (QED) is 0.346. The smallest absolute Gasteiger partial charge is 0.173 e. The van der Waals surface area contributed by atoms with E-state index in [9.17, 15) is 4.39 Å². The molecule has 0 spiro atoms. The van der Waals surface area contributed by atoms with Crippen LogP contribution in [-0.2, 0) is 13.0 Å². The maximum atomic E-state index is 13.8. The average Bonchev–Trinajstić information content (AvgIpc) is 3.07. The van der Waals surface area contributed by atoms with Crippen LogP contribution >= 0.6 is 23.8 Å². The Morgan fingerprint density at radius 3 is 2.71 bits per heavy atom. The molecule has 0 aliphatic carbocycles. The van der Waals surface area contributed by atoms with Gasteiger partial charge in [0.1, 0.15) is 5.82 Å². The molecule has 31 heavy (non-hydrogen) atoms. The molecule has 0 amide bonds. The van der Waals surface area contributed by atoms with Gasteiger partial charge in [-0.3, -0.25) is 4.98 Å². The van der Waals surface area contributed by atoms with Crippen molar-refractivity contribution < 1.29 is 4.39 Å². The van der Waals surface area contributed by atoms with E-state index in [1.54, 1.807) is 18.3 Å². The Labute approximate surface area is 191 Å². The Balaban J connectivity index is 1.55. The number of hydrogen-bond acceptors (Lipinski definition) is 2. The standard InChI is InChI=1S/C24H22ClFN4S/c1-16-21(22-14-18(26)7-10-23(22)28-16)11-13-30(15-20-4-2-3-12-27-20)24(31)29-19-8-5-17(25)6-9-19/h2-10,12,14,28H,11,13,15H2,1H3,(H,29,31). The molecule has 158 valence electrons. The van der Waals surface area contributed by atoms with Gasteiger partial charge in [0.2, 0.25) is 0 Å². The molecule has 7 heteroatoms. The van der Waals surface area contributed by atoms with Gasteiger partial charge in [-0.2, -0.15) is 0 Å². The molecule has 2 N–H and O–H groups in total. The third kappa shape index (κ3) is 5.21. The second-order valence-electron chi connectivity index (χ2n) is 7.35. The molecule has 0 unspecified atom stereocenters. The van der Waals surface area contributed by atoms with Crippen molar-refractivity contribution in [2.45, 2.75) is 19.9 Å². The average molecular weight is 453 g/mol. The first kappa shape index (κ1) is 21.3. The summed E-state index contributed by atoms with van der Waals surface area (Å²) in [5.41, 5.74) is 4.85. The molecule has 4 nitrogen and oxygen atoms in total. The number of fused-ring (bicyclic) bond motifs is 1. The van der Waals surface area contributed by atoms with Crippen LogP contribution < -0.4 is 5.32 Å². The molecule has 4 aromatic rings. The second kappa shape index (κ2) is 9.45. The monoisotopic (exact) mass is 452 g/mol. The number of aromatic amines is 1. The molecule has 0 bridgehead atoms. The van der Waals surface area contributed by atoms with Gasteiger partial charge in [0.15, 0.2) is 5.11 Å². The van der Waals surface area contributed by atoms with Crippen LogP contribution in [0.2, 0.25) is 5.02 Å². The third-order valence-electron chi connectivity index (χ3n) is 5.17. The Kier molecular flexibility index (Phi) is 6.49. The Morgan fingerprint density at radius 2 is 1.97 bits per heavy atom. The van der Waals surface area contributed by atoms with Crippen LogP contribution in [0.5, 0.6) is 0 Å². The summed E-state index contributed by atoms with van der Waals surface area (Å²) in [7, 11) is 0. The molecule has 0 aliphatic rings.